The maximum atomic E-state index is 11.6. The molecule has 20 heavy (non-hydrogen) atoms. The minimum absolute atomic E-state index is 0.350. The zero-order chi connectivity index (χ0) is 14.3. The molecule has 5 heteroatoms. The summed E-state index contributed by atoms with van der Waals surface area (Å²) in [4.78, 5) is 13.8. The number of nitrogens with zero attached hydrogens (tertiary/aromatic N) is 2. The Kier molecular flexibility index (Phi) is 3.54. The fourth-order valence-electron chi connectivity index (χ4n) is 3.93. The molecule has 1 saturated heterocycles. The lowest BCUT2D eigenvalue weighted by Crippen LogP contribution is -2.41. The van der Waals surface area contributed by atoms with E-state index in [9.17, 15) is 9.90 Å². The Hall–Kier alpha value is -1.36. The molecule has 0 amide bonds. The van der Waals surface area contributed by atoms with E-state index in [0.717, 1.165) is 29.9 Å². The summed E-state index contributed by atoms with van der Waals surface area (Å²) in [5, 5.41) is 13.5. The Morgan fingerprint density at radius 2 is 2.15 bits per heavy atom. The van der Waals surface area contributed by atoms with Crippen LogP contribution in [0.15, 0.2) is 4.52 Å². The largest absolute Gasteiger partial charge is 0.480 e. The van der Waals surface area contributed by atoms with Crippen LogP contribution >= 0.6 is 0 Å². The molecule has 1 saturated carbocycles. The summed E-state index contributed by atoms with van der Waals surface area (Å²) in [6.45, 7) is 4.48. The first-order valence-corrected chi connectivity index (χ1v) is 7.48. The monoisotopic (exact) mass is 278 g/mol. The quantitative estimate of drug-likeness (QED) is 0.920. The van der Waals surface area contributed by atoms with Gasteiger partial charge in [0.15, 0.2) is 0 Å². The van der Waals surface area contributed by atoms with E-state index >= 15 is 0 Å². The zero-order valence-corrected chi connectivity index (χ0v) is 12.1. The van der Waals surface area contributed by atoms with E-state index in [0.29, 0.717) is 18.5 Å². The third-order valence-electron chi connectivity index (χ3n) is 5.03. The number of aromatic nitrogens is 1. The van der Waals surface area contributed by atoms with Crippen molar-refractivity contribution in [3.63, 3.8) is 0 Å². The summed E-state index contributed by atoms with van der Waals surface area (Å²) in [6, 6.07) is 0.0651. The molecule has 110 valence electrons. The number of carbonyl (C=O) groups is 1. The highest BCUT2D eigenvalue weighted by Crippen LogP contribution is 2.40. The van der Waals surface area contributed by atoms with Crippen molar-refractivity contribution in [2.75, 3.05) is 0 Å². The van der Waals surface area contributed by atoms with Crippen molar-refractivity contribution in [3.8, 4) is 0 Å². The first-order chi connectivity index (χ1) is 9.58. The Labute approximate surface area is 118 Å². The fraction of sp³-hybridized carbons (Fsp3) is 0.733. The Morgan fingerprint density at radius 1 is 1.40 bits per heavy atom. The Bertz CT molecular complexity index is 492. The second-order valence-corrected chi connectivity index (χ2v) is 6.18. The molecule has 1 aromatic heterocycles. The molecule has 0 radical (unpaired) electrons. The molecule has 1 aromatic rings. The van der Waals surface area contributed by atoms with Crippen LogP contribution < -0.4 is 0 Å². The van der Waals surface area contributed by atoms with Crippen LogP contribution in [-0.4, -0.2) is 33.2 Å². The number of aliphatic carboxylic acids is 1. The number of fused-ring (bicyclic) bond motifs is 1. The van der Waals surface area contributed by atoms with Gasteiger partial charge in [0.2, 0.25) is 0 Å². The molecule has 1 aliphatic carbocycles. The van der Waals surface area contributed by atoms with Gasteiger partial charge in [-0.05, 0) is 39.0 Å². The predicted octanol–water partition coefficient (Wildman–Crippen LogP) is 2.51. The average Bonchev–Trinajstić information content (AvgIpc) is 2.94. The fourth-order valence-corrected chi connectivity index (χ4v) is 3.93. The average molecular weight is 278 g/mol. The van der Waals surface area contributed by atoms with E-state index < -0.39 is 5.97 Å². The second-order valence-electron chi connectivity index (χ2n) is 6.18. The van der Waals surface area contributed by atoms with Crippen LogP contribution in [0.25, 0.3) is 0 Å². The van der Waals surface area contributed by atoms with Crippen LogP contribution in [0.3, 0.4) is 0 Å². The topological polar surface area (TPSA) is 66.6 Å². The van der Waals surface area contributed by atoms with Gasteiger partial charge in [-0.2, -0.15) is 0 Å². The number of likely N-dealkylation sites (tertiary alicyclic amines) is 1. The standard InChI is InChI=1S/C15H22N2O3/c1-9-12(10(2)20-16-9)8-17-13-6-4-3-5-11(13)7-14(17)15(18)19/h11,13-14H,3-8H2,1-2H3,(H,18,19)/t11-,13+,14-/m0/s1. The number of hydrogen-bond donors (Lipinski definition) is 1. The van der Waals surface area contributed by atoms with Crippen molar-refractivity contribution in [2.45, 2.75) is 64.6 Å². The van der Waals surface area contributed by atoms with Crippen molar-refractivity contribution in [2.24, 2.45) is 5.92 Å². The first kappa shape index (κ1) is 13.6. The van der Waals surface area contributed by atoms with Gasteiger partial charge in [-0.1, -0.05) is 18.0 Å². The van der Waals surface area contributed by atoms with Gasteiger partial charge in [-0.3, -0.25) is 9.69 Å². The van der Waals surface area contributed by atoms with E-state index in [2.05, 4.69) is 10.1 Å². The number of carboxylic acids is 1. The van der Waals surface area contributed by atoms with Crippen molar-refractivity contribution < 1.29 is 14.4 Å². The van der Waals surface area contributed by atoms with Gasteiger partial charge in [0.05, 0.1) is 5.69 Å². The number of carboxylic acid groups (broad SMARTS) is 1. The smallest absolute Gasteiger partial charge is 0.320 e. The summed E-state index contributed by atoms with van der Waals surface area (Å²) in [7, 11) is 0. The highest BCUT2D eigenvalue weighted by molar-refractivity contribution is 5.74. The highest BCUT2D eigenvalue weighted by atomic mass is 16.5. The van der Waals surface area contributed by atoms with Crippen LogP contribution in [0.4, 0.5) is 0 Å². The summed E-state index contributed by atoms with van der Waals surface area (Å²) < 4.78 is 5.21. The number of hydrogen-bond acceptors (Lipinski definition) is 4. The van der Waals surface area contributed by atoms with E-state index in [-0.39, 0.29) is 6.04 Å². The van der Waals surface area contributed by atoms with Crippen molar-refractivity contribution in [1.82, 2.24) is 10.1 Å². The molecule has 0 unspecified atom stereocenters. The minimum Gasteiger partial charge on any atom is -0.480 e. The molecule has 2 aliphatic rings. The molecular formula is C15H22N2O3. The molecule has 1 N–H and O–H groups in total. The first-order valence-electron chi connectivity index (χ1n) is 7.48. The van der Waals surface area contributed by atoms with E-state index in [1.54, 1.807) is 0 Å². The molecule has 5 nitrogen and oxygen atoms in total. The molecule has 3 rings (SSSR count). The van der Waals surface area contributed by atoms with E-state index in [1.165, 1.54) is 19.3 Å². The SMILES string of the molecule is Cc1noc(C)c1CN1[C@@H]2CCCC[C@H]2C[C@H]1C(=O)O. The minimum atomic E-state index is -0.689. The summed E-state index contributed by atoms with van der Waals surface area (Å²) in [5.74, 6) is 0.669. The van der Waals surface area contributed by atoms with Crippen LogP contribution in [0.2, 0.25) is 0 Å². The molecular weight excluding hydrogens is 256 g/mol. The number of rotatable bonds is 3. The van der Waals surface area contributed by atoms with Gasteiger partial charge < -0.3 is 9.63 Å². The Balaban J connectivity index is 1.86. The van der Waals surface area contributed by atoms with Crippen molar-refractivity contribution >= 4 is 5.97 Å². The zero-order valence-electron chi connectivity index (χ0n) is 12.1. The molecule has 3 atom stereocenters. The highest BCUT2D eigenvalue weighted by Gasteiger charge is 2.45. The van der Waals surface area contributed by atoms with Crippen LogP contribution in [0.5, 0.6) is 0 Å². The lowest BCUT2D eigenvalue weighted by atomic mass is 9.84. The van der Waals surface area contributed by atoms with Crippen LogP contribution in [0.1, 0.15) is 49.1 Å². The molecule has 0 bridgehead atoms. The predicted molar refractivity (Wildman–Crippen MR) is 73.3 cm³/mol. The van der Waals surface area contributed by atoms with E-state index in [1.807, 2.05) is 13.8 Å². The lowest BCUT2D eigenvalue weighted by molar-refractivity contribution is -0.142. The molecule has 2 fully saturated rings. The van der Waals surface area contributed by atoms with Gasteiger partial charge in [0.1, 0.15) is 11.8 Å². The number of aryl methyl sites for hydroxylation is 2. The van der Waals surface area contributed by atoms with Crippen molar-refractivity contribution in [1.29, 1.82) is 0 Å². The maximum absolute atomic E-state index is 11.6. The molecule has 0 aromatic carbocycles. The summed E-state index contributed by atoms with van der Waals surface area (Å²) >= 11 is 0. The Morgan fingerprint density at radius 3 is 2.80 bits per heavy atom. The third kappa shape index (κ3) is 2.24. The van der Waals surface area contributed by atoms with Gasteiger partial charge >= 0.3 is 5.97 Å². The normalized spacial score (nSPS) is 30.4. The molecule has 1 aliphatic heterocycles. The third-order valence-corrected chi connectivity index (χ3v) is 5.03. The lowest BCUT2D eigenvalue weighted by Gasteiger charge is -2.32. The van der Waals surface area contributed by atoms with Gasteiger partial charge in [0, 0.05) is 18.2 Å². The maximum Gasteiger partial charge on any atom is 0.320 e. The van der Waals surface area contributed by atoms with E-state index in [4.69, 9.17) is 4.52 Å². The second kappa shape index (κ2) is 5.20. The van der Waals surface area contributed by atoms with Crippen molar-refractivity contribution in [3.05, 3.63) is 17.0 Å². The molecule has 0 spiro atoms. The van der Waals surface area contributed by atoms with Crippen LogP contribution in [0, 0.1) is 19.8 Å². The van der Waals surface area contributed by atoms with Gasteiger partial charge in [-0.15, -0.1) is 0 Å². The molecule has 2 heterocycles. The van der Waals surface area contributed by atoms with Crippen LogP contribution in [-0.2, 0) is 11.3 Å². The van der Waals surface area contributed by atoms with Gasteiger partial charge in [0.25, 0.3) is 0 Å². The van der Waals surface area contributed by atoms with Gasteiger partial charge in [-0.25, -0.2) is 0 Å². The summed E-state index contributed by atoms with van der Waals surface area (Å²) in [5.41, 5.74) is 1.94. The summed E-state index contributed by atoms with van der Waals surface area (Å²) in [6.07, 6.45) is 5.55.